The molecular weight excluding hydrogens is 322 g/mol. The topological polar surface area (TPSA) is 83.5 Å². The van der Waals surface area contributed by atoms with Crippen LogP contribution in [0.2, 0.25) is 0 Å². The third-order valence-corrected chi connectivity index (χ3v) is 4.83. The number of hydrogen-bond donors (Lipinski definition) is 1. The van der Waals surface area contributed by atoms with Crippen LogP contribution in [0, 0.1) is 0 Å². The summed E-state index contributed by atoms with van der Waals surface area (Å²) in [6.45, 7) is 8.17. The summed E-state index contributed by atoms with van der Waals surface area (Å²) >= 11 is 1.65. The van der Waals surface area contributed by atoms with Gasteiger partial charge in [0.25, 0.3) is 0 Å². The van der Waals surface area contributed by atoms with Gasteiger partial charge >= 0.3 is 0 Å². The molecule has 3 rings (SSSR count). The maximum absolute atomic E-state index is 6.15. The summed E-state index contributed by atoms with van der Waals surface area (Å²) in [5.74, 6) is 1.81. The van der Waals surface area contributed by atoms with E-state index in [1.807, 2.05) is 6.07 Å². The zero-order valence-electron chi connectivity index (χ0n) is 14.1. The standard InChI is InChI=1S/C16H23N7S/c1-12(2)13-11-24-14(21-13)10-20-15(17)22-6-8-23(9-7-22)16-18-4-3-5-19-16/h3-5,11-12H,6-10H2,1-2H3,(H2,17,20). The number of nitrogens with two attached hydrogens (primary N) is 1. The fourth-order valence-electron chi connectivity index (χ4n) is 2.50. The van der Waals surface area contributed by atoms with Crippen LogP contribution in [0.25, 0.3) is 0 Å². The van der Waals surface area contributed by atoms with E-state index < -0.39 is 0 Å². The van der Waals surface area contributed by atoms with Crippen molar-refractivity contribution in [2.24, 2.45) is 10.7 Å². The third kappa shape index (κ3) is 4.00. The van der Waals surface area contributed by atoms with Gasteiger partial charge < -0.3 is 15.5 Å². The number of aromatic nitrogens is 3. The number of anilines is 1. The number of thiazole rings is 1. The van der Waals surface area contributed by atoms with E-state index in [0.717, 1.165) is 42.8 Å². The fraction of sp³-hybridized carbons (Fsp3) is 0.500. The lowest BCUT2D eigenvalue weighted by Crippen LogP contribution is -2.51. The third-order valence-electron chi connectivity index (χ3n) is 3.98. The summed E-state index contributed by atoms with van der Waals surface area (Å²) in [4.78, 5) is 22.0. The van der Waals surface area contributed by atoms with Crippen molar-refractivity contribution < 1.29 is 0 Å². The van der Waals surface area contributed by atoms with Gasteiger partial charge in [-0.2, -0.15) is 0 Å². The van der Waals surface area contributed by atoms with Gasteiger partial charge in [-0.3, -0.25) is 0 Å². The predicted octanol–water partition coefficient (Wildman–Crippen LogP) is 1.69. The Hall–Kier alpha value is -2.22. The summed E-state index contributed by atoms with van der Waals surface area (Å²) in [6.07, 6.45) is 3.54. The minimum atomic E-state index is 0.449. The van der Waals surface area contributed by atoms with Crippen LogP contribution < -0.4 is 10.6 Å². The molecular formula is C16H23N7S. The van der Waals surface area contributed by atoms with Gasteiger partial charge in [-0.05, 0) is 12.0 Å². The van der Waals surface area contributed by atoms with E-state index in [4.69, 9.17) is 5.73 Å². The highest BCUT2D eigenvalue weighted by molar-refractivity contribution is 7.09. The Morgan fingerprint density at radius 1 is 1.25 bits per heavy atom. The summed E-state index contributed by atoms with van der Waals surface area (Å²) in [5.41, 5.74) is 7.28. The second kappa shape index (κ2) is 7.57. The van der Waals surface area contributed by atoms with Gasteiger partial charge in [-0.1, -0.05) is 13.8 Å². The SMILES string of the molecule is CC(C)c1csc(CN=C(N)N2CCN(c3ncccn3)CC2)n1. The quantitative estimate of drug-likeness (QED) is 0.671. The second-order valence-corrected chi connectivity index (χ2v) is 6.96. The molecule has 0 aromatic carbocycles. The lowest BCUT2D eigenvalue weighted by atomic mass is 10.2. The molecule has 2 N–H and O–H groups in total. The van der Waals surface area contributed by atoms with E-state index in [2.05, 4.69) is 49.0 Å². The van der Waals surface area contributed by atoms with E-state index in [1.165, 1.54) is 0 Å². The summed E-state index contributed by atoms with van der Waals surface area (Å²) < 4.78 is 0. The number of rotatable bonds is 4. The number of piperazine rings is 1. The molecule has 0 atom stereocenters. The molecule has 128 valence electrons. The van der Waals surface area contributed by atoms with Gasteiger partial charge in [0.2, 0.25) is 5.95 Å². The first kappa shape index (κ1) is 16.6. The Morgan fingerprint density at radius 2 is 1.96 bits per heavy atom. The Labute approximate surface area is 146 Å². The molecule has 0 amide bonds. The largest absolute Gasteiger partial charge is 0.370 e. The summed E-state index contributed by atoms with van der Waals surface area (Å²) in [6, 6.07) is 1.83. The molecule has 3 heterocycles. The fourth-order valence-corrected chi connectivity index (χ4v) is 3.38. The summed E-state index contributed by atoms with van der Waals surface area (Å²) in [5, 5.41) is 3.11. The maximum Gasteiger partial charge on any atom is 0.225 e. The highest BCUT2D eigenvalue weighted by Crippen LogP contribution is 2.18. The first-order chi connectivity index (χ1) is 11.6. The van der Waals surface area contributed by atoms with Gasteiger partial charge in [0.1, 0.15) is 5.01 Å². The van der Waals surface area contributed by atoms with Crippen LogP contribution in [-0.4, -0.2) is 52.0 Å². The van der Waals surface area contributed by atoms with Crippen molar-refractivity contribution in [3.63, 3.8) is 0 Å². The molecule has 7 nitrogen and oxygen atoms in total. The van der Waals surface area contributed by atoms with Gasteiger partial charge in [-0.25, -0.2) is 19.9 Å². The Morgan fingerprint density at radius 3 is 2.58 bits per heavy atom. The highest BCUT2D eigenvalue weighted by atomic mass is 32.1. The van der Waals surface area contributed by atoms with Crippen LogP contribution in [0.1, 0.15) is 30.5 Å². The van der Waals surface area contributed by atoms with Crippen LogP contribution in [0.3, 0.4) is 0 Å². The van der Waals surface area contributed by atoms with Crippen LogP contribution >= 0.6 is 11.3 Å². The van der Waals surface area contributed by atoms with E-state index >= 15 is 0 Å². The predicted molar refractivity (Wildman–Crippen MR) is 97.3 cm³/mol. The summed E-state index contributed by atoms with van der Waals surface area (Å²) in [7, 11) is 0. The van der Waals surface area contributed by atoms with E-state index in [-0.39, 0.29) is 0 Å². The van der Waals surface area contributed by atoms with Crippen LogP contribution in [-0.2, 0) is 6.54 Å². The van der Waals surface area contributed by atoms with Gasteiger partial charge in [0.15, 0.2) is 5.96 Å². The molecule has 0 bridgehead atoms. The maximum atomic E-state index is 6.15. The molecule has 1 aliphatic heterocycles. The molecule has 2 aromatic heterocycles. The number of guanidine groups is 1. The van der Waals surface area contributed by atoms with Crippen molar-refractivity contribution in [1.82, 2.24) is 19.9 Å². The average Bonchev–Trinajstić information content (AvgIpc) is 3.10. The van der Waals surface area contributed by atoms with Crippen molar-refractivity contribution in [3.05, 3.63) is 34.5 Å². The van der Waals surface area contributed by atoms with Crippen molar-refractivity contribution in [2.45, 2.75) is 26.3 Å². The Kier molecular flexibility index (Phi) is 5.24. The van der Waals surface area contributed by atoms with Crippen LogP contribution in [0.15, 0.2) is 28.8 Å². The van der Waals surface area contributed by atoms with Crippen molar-refractivity contribution in [1.29, 1.82) is 0 Å². The molecule has 0 radical (unpaired) electrons. The molecule has 1 aliphatic rings. The number of hydrogen-bond acceptors (Lipinski definition) is 6. The van der Waals surface area contributed by atoms with Crippen molar-refractivity contribution in [2.75, 3.05) is 31.1 Å². The van der Waals surface area contributed by atoms with Crippen LogP contribution in [0.4, 0.5) is 5.95 Å². The molecule has 1 saturated heterocycles. The lowest BCUT2D eigenvalue weighted by Gasteiger charge is -2.35. The van der Waals surface area contributed by atoms with Gasteiger partial charge in [0.05, 0.1) is 12.2 Å². The highest BCUT2D eigenvalue weighted by Gasteiger charge is 2.19. The minimum absolute atomic E-state index is 0.449. The van der Waals surface area contributed by atoms with Gasteiger partial charge in [-0.15, -0.1) is 11.3 Å². The van der Waals surface area contributed by atoms with Crippen molar-refractivity contribution >= 4 is 23.2 Å². The molecule has 1 fully saturated rings. The monoisotopic (exact) mass is 345 g/mol. The normalized spacial score (nSPS) is 16.0. The first-order valence-electron chi connectivity index (χ1n) is 8.14. The molecule has 0 aliphatic carbocycles. The molecule has 24 heavy (non-hydrogen) atoms. The zero-order valence-corrected chi connectivity index (χ0v) is 14.9. The number of nitrogens with zero attached hydrogens (tertiary/aromatic N) is 6. The molecule has 8 heteroatoms. The second-order valence-electron chi connectivity index (χ2n) is 6.02. The Balaban J connectivity index is 1.53. The molecule has 0 unspecified atom stereocenters. The average molecular weight is 345 g/mol. The van der Waals surface area contributed by atoms with Gasteiger partial charge in [0, 0.05) is 44.0 Å². The molecule has 2 aromatic rings. The lowest BCUT2D eigenvalue weighted by molar-refractivity contribution is 0.378. The van der Waals surface area contributed by atoms with Crippen molar-refractivity contribution in [3.8, 4) is 0 Å². The molecule has 0 saturated carbocycles. The van der Waals surface area contributed by atoms with Crippen LogP contribution in [0.5, 0.6) is 0 Å². The molecule has 0 spiro atoms. The smallest absolute Gasteiger partial charge is 0.225 e. The number of aliphatic imine (C=N–C) groups is 1. The van der Waals surface area contributed by atoms with E-state index in [0.29, 0.717) is 18.4 Å². The zero-order chi connectivity index (χ0) is 16.9. The first-order valence-corrected chi connectivity index (χ1v) is 9.02. The van der Waals surface area contributed by atoms with E-state index in [1.54, 1.807) is 23.7 Å². The Bertz CT molecular complexity index is 675. The van der Waals surface area contributed by atoms with E-state index in [9.17, 15) is 0 Å². The minimum Gasteiger partial charge on any atom is -0.370 e.